The molecule has 1 N–H and O–H groups in total. The number of amides is 1. The van der Waals surface area contributed by atoms with Crippen LogP contribution in [0.1, 0.15) is 28.3 Å². The minimum Gasteiger partial charge on any atom is -0.350 e. The van der Waals surface area contributed by atoms with E-state index in [1.807, 2.05) is 6.92 Å². The molecule has 70 valence electrons. The Labute approximate surface area is 81.2 Å². The quantitative estimate of drug-likeness (QED) is 0.797. The van der Waals surface area contributed by atoms with Crippen molar-refractivity contribution in [2.24, 2.45) is 5.92 Å². The molecule has 1 aliphatic rings. The molecule has 1 amide bonds. The summed E-state index contributed by atoms with van der Waals surface area (Å²) in [5.41, 5.74) is 0.558. The van der Waals surface area contributed by atoms with E-state index in [9.17, 15) is 4.79 Å². The Bertz CT molecular complexity index is 317. The average molecular weight is 196 g/mol. The maximum absolute atomic E-state index is 11.4. The Hall–Kier alpha value is -0.900. The summed E-state index contributed by atoms with van der Waals surface area (Å²) in [5, 5.41) is 5.62. The topological polar surface area (TPSA) is 42.0 Å². The fraction of sp³-hybridized carbons (Fsp3) is 0.556. The van der Waals surface area contributed by atoms with Gasteiger partial charge in [-0.2, -0.15) is 0 Å². The monoisotopic (exact) mass is 196 g/mol. The van der Waals surface area contributed by atoms with E-state index in [4.69, 9.17) is 0 Å². The highest BCUT2D eigenvalue weighted by Gasteiger charge is 2.22. The van der Waals surface area contributed by atoms with Gasteiger partial charge < -0.3 is 5.32 Å². The van der Waals surface area contributed by atoms with Crippen molar-refractivity contribution in [3.63, 3.8) is 0 Å². The number of aromatic nitrogens is 1. The Morgan fingerprint density at radius 2 is 2.54 bits per heavy atom. The number of carbonyl (C=O) groups excluding carboxylic acids is 1. The zero-order valence-electron chi connectivity index (χ0n) is 7.54. The first-order valence-electron chi connectivity index (χ1n) is 4.46. The molecule has 0 aromatic carbocycles. The van der Waals surface area contributed by atoms with Crippen molar-refractivity contribution in [1.82, 2.24) is 10.3 Å². The van der Waals surface area contributed by atoms with Gasteiger partial charge in [0.05, 0.1) is 5.01 Å². The Morgan fingerprint density at radius 3 is 3.08 bits per heavy atom. The van der Waals surface area contributed by atoms with Gasteiger partial charge in [-0.3, -0.25) is 4.79 Å². The largest absolute Gasteiger partial charge is 0.350 e. The molecule has 13 heavy (non-hydrogen) atoms. The van der Waals surface area contributed by atoms with Gasteiger partial charge in [-0.15, -0.1) is 11.3 Å². The average Bonchev–Trinajstić information content (AvgIpc) is 2.84. The lowest BCUT2D eigenvalue weighted by atomic mass is 10.4. The van der Waals surface area contributed by atoms with Crippen molar-refractivity contribution >= 4 is 17.2 Å². The predicted octanol–water partition coefficient (Wildman–Crippen LogP) is 1.59. The molecule has 0 saturated heterocycles. The third-order valence-electron chi connectivity index (χ3n) is 2.10. The summed E-state index contributed by atoms with van der Waals surface area (Å²) >= 11 is 1.51. The van der Waals surface area contributed by atoms with Gasteiger partial charge in [-0.25, -0.2) is 4.98 Å². The molecule has 0 aliphatic heterocycles. The molecule has 0 atom stereocenters. The van der Waals surface area contributed by atoms with E-state index in [0.717, 1.165) is 17.5 Å². The Balaban J connectivity index is 1.88. The maximum Gasteiger partial charge on any atom is 0.270 e. The van der Waals surface area contributed by atoms with Gasteiger partial charge in [0.1, 0.15) is 5.69 Å². The second-order valence-corrected chi connectivity index (χ2v) is 4.47. The number of hydrogen-bond acceptors (Lipinski definition) is 3. The molecule has 1 saturated carbocycles. The second kappa shape index (κ2) is 3.46. The van der Waals surface area contributed by atoms with Crippen LogP contribution in [0.25, 0.3) is 0 Å². The third-order valence-corrected chi connectivity index (χ3v) is 2.87. The van der Waals surface area contributed by atoms with Crippen LogP contribution in [0.3, 0.4) is 0 Å². The molecule has 1 aromatic heterocycles. The number of nitrogens with zero attached hydrogens (tertiary/aromatic N) is 1. The first kappa shape index (κ1) is 8.69. The van der Waals surface area contributed by atoms with Crippen molar-refractivity contribution in [1.29, 1.82) is 0 Å². The molecule has 1 heterocycles. The molecule has 1 aliphatic carbocycles. The summed E-state index contributed by atoms with van der Waals surface area (Å²) in [4.78, 5) is 15.5. The van der Waals surface area contributed by atoms with Gasteiger partial charge in [-0.05, 0) is 25.7 Å². The highest BCUT2D eigenvalue weighted by molar-refractivity contribution is 7.09. The van der Waals surface area contributed by atoms with Crippen molar-refractivity contribution in [2.45, 2.75) is 19.8 Å². The lowest BCUT2D eigenvalue weighted by molar-refractivity contribution is 0.0947. The van der Waals surface area contributed by atoms with E-state index in [-0.39, 0.29) is 5.91 Å². The van der Waals surface area contributed by atoms with E-state index in [2.05, 4.69) is 10.3 Å². The molecule has 3 nitrogen and oxygen atoms in total. The van der Waals surface area contributed by atoms with E-state index < -0.39 is 0 Å². The first-order valence-corrected chi connectivity index (χ1v) is 5.34. The normalized spacial score (nSPS) is 15.8. The number of aryl methyl sites for hydroxylation is 1. The zero-order chi connectivity index (χ0) is 9.26. The summed E-state index contributed by atoms with van der Waals surface area (Å²) in [6.07, 6.45) is 2.52. The second-order valence-electron chi connectivity index (χ2n) is 3.41. The molecular weight excluding hydrogens is 184 g/mol. The van der Waals surface area contributed by atoms with Crippen LogP contribution in [-0.4, -0.2) is 17.4 Å². The molecule has 0 radical (unpaired) electrons. The number of thiazole rings is 1. The molecule has 0 spiro atoms. The van der Waals surface area contributed by atoms with E-state index in [1.165, 1.54) is 24.2 Å². The molecule has 4 heteroatoms. The van der Waals surface area contributed by atoms with E-state index in [1.54, 1.807) is 5.38 Å². The summed E-state index contributed by atoms with van der Waals surface area (Å²) in [5.74, 6) is 0.694. The van der Waals surface area contributed by atoms with Crippen LogP contribution in [0.2, 0.25) is 0 Å². The van der Waals surface area contributed by atoms with Gasteiger partial charge in [-0.1, -0.05) is 0 Å². The fourth-order valence-electron chi connectivity index (χ4n) is 1.12. The van der Waals surface area contributed by atoms with Crippen molar-refractivity contribution < 1.29 is 4.79 Å². The van der Waals surface area contributed by atoms with Gasteiger partial charge >= 0.3 is 0 Å². The summed E-state index contributed by atoms with van der Waals surface area (Å²) in [7, 11) is 0. The first-order chi connectivity index (χ1) is 6.25. The van der Waals surface area contributed by atoms with E-state index in [0.29, 0.717) is 5.69 Å². The third kappa shape index (κ3) is 2.28. The summed E-state index contributed by atoms with van der Waals surface area (Å²) < 4.78 is 0. The van der Waals surface area contributed by atoms with Crippen molar-refractivity contribution in [3.8, 4) is 0 Å². The number of hydrogen-bond donors (Lipinski definition) is 1. The smallest absolute Gasteiger partial charge is 0.270 e. The lowest BCUT2D eigenvalue weighted by Crippen LogP contribution is -2.25. The van der Waals surface area contributed by atoms with Crippen molar-refractivity contribution in [2.75, 3.05) is 6.54 Å². The standard InChI is InChI=1S/C9H12N2OS/c1-6-11-8(5-13-6)9(12)10-4-7-2-3-7/h5,7H,2-4H2,1H3,(H,10,12). The minimum absolute atomic E-state index is 0.0312. The summed E-state index contributed by atoms with van der Waals surface area (Å²) in [6.45, 7) is 2.72. The Kier molecular flexibility index (Phi) is 2.31. The van der Waals surface area contributed by atoms with Crippen LogP contribution < -0.4 is 5.32 Å². The van der Waals surface area contributed by atoms with E-state index >= 15 is 0 Å². The SMILES string of the molecule is Cc1nc(C(=O)NCC2CC2)cs1. The molecule has 0 bridgehead atoms. The molecule has 2 rings (SSSR count). The van der Waals surface area contributed by atoms with Gasteiger partial charge in [0, 0.05) is 11.9 Å². The fourth-order valence-corrected chi connectivity index (χ4v) is 1.71. The maximum atomic E-state index is 11.4. The highest BCUT2D eigenvalue weighted by atomic mass is 32.1. The lowest BCUT2D eigenvalue weighted by Gasteiger charge is -1.99. The molecular formula is C9H12N2OS. The molecule has 1 aromatic rings. The van der Waals surface area contributed by atoms with Crippen LogP contribution >= 0.6 is 11.3 Å². The Morgan fingerprint density at radius 1 is 1.77 bits per heavy atom. The minimum atomic E-state index is -0.0312. The van der Waals surface area contributed by atoms with Crippen LogP contribution in [0.4, 0.5) is 0 Å². The van der Waals surface area contributed by atoms with Crippen LogP contribution in [0, 0.1) is 12.8 Å². The number of carbonyl (C=O) groups is 1. The summed E-state index contributed by atoms with van der Waals surface area (Å²) in [6, 6.07) is 0. The number of rotatable bonds is 3. The zero-order valence-corrected chi connectivity index (χ0v) is 8.36. The molecule has 1 fully saturated rings. The van der Waals surface area contributed by atoms with Crippen LogP contribution in [-0.2, 0) is 0 Å². The number of nitrogens with one attached hydrogen (secondary N) is 1. The highest BCUT2D eigenvalue weighted by Crippen LogP contribution is 2.27. The predicted molar refractivity (Wildman–Crippen MR) is 51.9 cm³/mol. The van der Waals surface area contributed by atoms with Crippen LogP contribution in [0.5, 0.6) is 0 Å². The van der Waals surface area contributed by atoms with Gasteiger partial charge in [0.25, 0.3) is 5.91 Å². The van der Waals surface area contributed by atoms with Crippen LogP contribution in [0.15, 0.2) is 5.38 Å². The van der Waals surface area contributed by atoms with Gasteiger partial charge in [0.15, 0.2) is 0 Å². The van der Waals surface area contributed by atoms with Gasteiger partial charge in [0.2, 0.25) is 0 Å². The van der Waals surface area contributed by atoms with Crippen molar-refractivity contribution in [3.05, 3.63) is 16.1 Å². The molecule has 0 unspecified atom stereocenters.